The number of aryl methyl sites for hydroxylation is 1. The monoisotopic (exact) mass is 446 g/mol. The van der Waals surface area contributed by atoms with Crippen LogP contribution in [0.2, 0.25) is 0 Å². The topological polar surface area (TPSA) is 91.5 Å². The van der Waals surface area contributed by atoms with Crippen LogP contribution in [0.25, 0.3) is 11.4 Å². The summed E-state index contributed by atoms with van der Waals surface area (Å²) in [5.41, 5.74) is 2.67. The Kier molecular flexibility index (Phi) is 6.42. The molecule has 1 aliphatic heterocycles. The first kappa shape index (κ1) is 19.3. The molecule has 0 spiro atoms. The Morgan fingerprint density at radius 3 is 2.93 bits per heavy atom. The number of aromatic nitrogens is 2. The third-order valence-corrected chi connectivity index (χ3v) is 5.54. The number of fused-ring (bicyclic) bond motifs is 2. The number of nitrogens with zero attached hydrogens (tertiary/aromatic N) is 2. The minimum absolute atomic E-state index is 0.215. The fraction of sp³-hybridized carbons (Fsp3) is 0.222. The molecule has 9 heteroatoms. The van der Waals surface area contributed by atoms with Crippen LogP contribution in [0.1, 0.15) is 28.2 Å². The van der Waals surface area contributed by atoms with Crippen LogP contribution in [0.4, 0.5) is 0 Å². The third kappa shape index (κ3) is 5.05. The number of carbonyl (C=O) groups excluding carboxylic acids is 2. The maximum Gasteiger partial charge on any atom is 0.338 e. The summed E-state index contributed by atoms with van der Waals surface area (Å²) >= 11 is 4.08. The van der Waals surface area contributed by atoms with Crippen LogP contribution in [0.5, 0.6) is 0 Å². The first-order valence-corrected chi connectivity index (χ1v) is 9.81. The summed E-state index contributed by atoms with van der Waals surface area (Å²) in [6, 6.07) is 9.35. The van der Waals surface area contributed by atoms with E-state index >= 15 is 0 Å². The SMILES string of the molecule is COC(=O)CCc1nc(-c2ccsc2[As])no1.O=C1OCc2cccc1c2. The van der Waals surface area contributed by atoms with Crippen molar-refractivity contribution < 1.29 is 23.6 Å². The molecule has 0 atom stereocenters. The van der Waals surface area contributed by atoms with Crippen LogP contribution in [0.15, 0.2) is 40.2 Å². The number of benzene rings is 1. The van der Waals surface area contributed by atoms with Gasteiger partial charge in [-0.05, 0) is 17.7 Å². The van der Waals surface area contributed by atoms with E-state index in [0.717, 1.165) is 14.8 Å². The zero-order valence-electron chi connectivity index (χ0n) is 14.4. The molecule has 4 rings (SSSR count). The van der Waals surface area contributed by atoms with Gasteiger partial charge in [-0.1, -0.05) is 12.1 Å². The predicted molar refractivity (Wildman–Crippen MR) is 98.9 cm³/mol. The van der Waals surface area contributed by atoms with Gasteiger partial charge < -0.3 is 4.74 Å². The summed E-state index contributed by atoms with van der Waals surface area (Å²) in [7, 11) is 1.36. The normalized spacial score (nSPS) is 12.0. The molecule has 0 saturated heterocycles. The Hall–Kier alpha value is -2.44. The van der Waals surface area contributed by atoms with Gasteiger partial charge in [0, 0.05) is 0 Å². The molecule has 2 radical (unpaired) electrons. The van der Waals surface area contributed by atoms with E-state index < -0.39 is 0 Å². The number of hydrogen-bond donors (Lipinski definition) is 0. The van der Waals surface area contributed by atoms with Gasteiger partial charge in [-0.15, -0.1) is 0 Å². The quantitative estimate of drug-likeness (QED) is 0.448. The van der Waals surface area contributed by atoms with E-state index in [1.54, 1.807) is 17.4 Å². The smallest absolute Gasteiger partial charge is 0.338 e. The van der Waals surface area contributed by atoms with E-state index in [1.165, 1.54) is 7.11 Å². The predicted octanol–water partition coefficient (Wildman–Crippen LogP) is 2.05. The second-order valence-electron chi connectivity index (χ2n) is 5.50. The van der Waals surface area contributed by atoms with Crippen molar-refractivity contribution in [3.05, 3.63) is 52.7 Å². The molecular weight excluding hydrogens is 431 g/mol. The minimum Gasteiger partial charge on any atom is -0.457 e. The van der Waals surface area contributed by atoms with Crippen LogP contribution in [0, 0.1) is 0 Å². The minimum atomic E-state index is -0.284. The van der Waals surface area contributed by atoms with E-state index in [0.29, 0.717) is 30.3 Å². The summed E-state index contributed by atoms with van der Waals surface area (Å²) in [6.07, 6.45) is 0.647. The second-order valence-corrected chi connectivity index (χ2v) is 8.02. The first-order valence-electron chi connectivity index (χ1n) is 7.99. The molecule has 27 heavy (non-hydrogen) atoms. The van der Waals surface area contributed by atoms with Crippen molar-refractivity contribution in [2.45, 2.75) is 19.4 Å². The summed E-state index contributed by atoms with van der Waals surface area (Å²) in [6.45, 7) is 0.423. The number of rotatable bonds is 4. The molecule has 138 valence electrons. The number of ether oxygens (including phenoxy) is 2. The van der Waals surface area contributed by atoms with Crippen LogP contribution in [-0.4, -0.2) is 46.0 Å². The third-order valence-electron chi connectivity index (χ3n) is 3.66. The number of cyclic esters (lactones) is 1. The van der Waals surface area contributed by atoms with Gasteiger partial charge in [0.05, 0.1) is 5.56 Å². The Morgan fingerprint density at radius 2 is 2.22 bits per heavy atom. The Labute approximate surface area is 168 Å². The van der Waals surface area contributed by atoms with E-state index in [1.807, 2.05) is 29.6 Å². The molecule has 1 aliphatic rings. The number of esters is 2. The van der Waals surface area contributed by atoms with Gasteiger partial charge >= 0.3 is 117 Å². The van der Waals surface area contributed by atoms with Crippen molar-refractivity contribution >= 4 is 43.8 Å². The van der Waals surface area contributed by atoms with E-state index in [2.05, 4.69) is 31.7 Å². The molecule has 3 heterocycles. The molecule has 3 aromatic rings. The van der Waals surface area contributed by atoms with Crippen LogP contribution >= 0.6 is 11.3 Å². The van der Waals surface area contributed by atoms with Crippen LogP contribution < -0.4 is 3.66 Å². The molecule has 7 nitrogen and oxygen atoms in total. The molecular formula is C18H15AsN2O5S. The Bertz CT molecular complexity index is 953. The molecule has 0 aliphatic carbocycles. The molecule has 2 bridgehead atoms. The van der Waals surface area contributed by atoms with Gasteiger partial charge in [-0.25, -0.2) is 4.79 Å². The van der Waals surface area contributed by atoms with Crippen molar-refractivity contribution in [2.24, 2.45) is 0 Å². The summed E-state index contributed by atoms with van der Waals surface area (Å²) < 4.78 is 15.5. The molecule has 0 saturated carbocycles. The van der Waals surface area contributed by atoms with Crippen molar-refractivity contribution in [3.63, 3.8) is 0 Å². The van der Waals surface area contributed by atoms with E-state index in [-0.39, 0.29) is 18.4 Å². The zero-order valence-corrected chi connectivity index (χ0v) is 17.1. The van der Waals surface area contributed by atoms with Crippen LogP contribution in [-0.2, 0) is 27.3 Å². The zero-order chi connectivity index (χ0) is 19.2. The second kappa shape index (κ2) is 8.97. The molecule has 0 fully saturated rings. The maximum absolute atomic E-state index is 11.0. The standard InChI is InChI=1S/C10H9AsN2O3S.C8H6O2/c1-15-8(14)3-2-7-12-10(13-16-7)6-4-5-17-9(6)11;9-8-7-3-1-2-6(4-7)5-10-8/h4-5H,2-3H2,1H3;1-4H,5H2. The Morgan fingerprint density at radius 1 is 1.37 bits per heavy atom. The summed E-state index contributed by atoms with van der Waals surface area (Å²) in [4.78, 5) is 26.0. The van der Waals surface area contributed by atoms with Gasteiger partial charge in [-0.2, -0.15) is 0 Å². The van der Waals surface area contributed by atoms with Gasteiger partial charge in [0.25, 0.3) is 0 Å². The fourth-order valence-electron chi connectivity index (χ4n) is 2.27. The summed E-state index contributed by atoms with van der Waals surface area (Å²) in [5.74, 6) is 0.506. The van der Waals surface area contributed by atoms with Gasteiger partial charge in [0.2, 0.25) is 0 Å². The van der Waals surface area contributed by atoms with E-state index in [9.17, 15) is 9.59 Å². The number of methoxy groups -OCH3 is 1. The van der Waals surface area contributed by atoms with Gasteiger partial charge in [0.1, 0.15) is 6.61 Å². The molecule has 0 unspecified atom stereocenters. The van der Waals surface area contributed by atoms with Gasteiger partial charge in [-0.3, -0.25) is 0 Å². The average Bonchev–Trinajstić information content (AvgIpc) is 3.32. The maximum atomic E-state index is 11.0. The van der Waals surface area contributed by atoms with Crippen LogP contribution in [0.3, 0.4) is 0 Å². The molecule has 2 aromatic heterocycles. The van der Waals surface area contributed by atoms with Crippen molar-refractivity contribution in [3.8, 4) is 11.4 Å². The van der Waals surface area contributed by atoms with Crippen molar-refractivity contribution in [2.75, 3.05) is 7.11 Å². The van der Waals surface area contributed by atoms with Crippen molar-refractivity contribution in [1.82, 2.24) is 10.1 Å². The van der Waals surface area contributed by atoms with Gasteiger partial charge in [0.15, 0.2) is 0 Å². The molecule has 1 aromatic carbocycles. The average molecular weight is 446 g/mol. The summed E-state index contributed by atoms with van der Waals surface area (Å²) in [5, 5.41) is 5.85. The fourth-order valence-corrected chi connectivity index (χ4v) is 3.64. The Balaban J connectivity index is 0.000000177. The number of thiophene rings is 1. The number of carbonyl (C=O) groups is 2. The molecule has 0 N–H and O–H groups in total. The first-order chi connectivity index (χ1) is 13.1. The van der Waals surface area contributed by atoms with E-state index in [4.69, 9.17) is 9.26 Å². The molecule has 0 amide bonds. The van der Waals surface area contributed by atoms with Crippen molar-refractivity contribution in [1.29, 1.82) is 0 Å². The largest absolute Gasteiger partial charge is 0.457 e. The number of hydrogen-bond acceptors (Lipinski definition) is 8.